The van der Waals surface area contributed by atoms with Gasteiger partial charge in [-0.3, -0.25) is 14.3 Å². The Hall–Kier alpha value is -2.21. The fourth-order valence-corrected chi connectivity index (χ4v) is 2.67. The summed E-state index contributed by atoms with van der Waals surface area (Å²) in [5.74, 6) is -0.0277. The monoisotopic (exact) mass is 301 g/mol. The zero-order valence-corrected chi connectivity index (χ0v) is 12.3. The molecule has 1 aliphatic heterocycles. The summed E-state index contributed by atoms with van der Waals surface area (Å²) in [5.41, 5.74) is 0.650. The van der Waals surface area contributed by atoms with Gasteiger partial charge in [0.25, 0.3) is 0 Å². The molecule has 1 aromatic heterocycles. The van der Waals surface area contributed by atoms with Crippen molar-refractivity contribution in [3.63, 3.8) is 0 Å². The molecule has 6 nitrogen and oxygen atoms in total. The molecule has 1 atom stereocenters. The lowest BCUT2D eigenvalue weighted by Crippen LogP contribution is -2.32. The van der Waals surface area contributed by atoms with E-state index in [0.29, 0.717) is 24.9 Å². The molecule has 0 spiro atoms. The number of hydrogen-bond donors (Lipinski definition) is 1. The van der Waals surface area contributed by atoms with E-state index in [0.717, 1.165) is 25.0 Å². The van der Waals surface area contributed by atoms with E-state index in [9.17, 15) is 9.59 Å². The Bertz CT molecular complexity index is 720. The number of hydrogen-bond acceptors (Lipinski definition) is 4. The minimum absolute atomic E-state index is 0.0277. The Kier molecular flexibility index (Phi) is 4.48. The van der Waals surface area contributed by atoms with E-state index in [1.807, 2.05) is 18.2 Å². The van der Waals surface area contributed by atoms with Gasteiger partial charge in [0, 0.05) is 25.0 Å². The van der Waals surface area contributed by atoms with Crippen molar-refractivity contribution in [3.05, 3.63) is 40.7 Å². The maximum atomic E-state index is 11.9. The van der Waals surface area contributed by atoms with Crippen LogP contribution in [0, 0.1) is 0 Å². The van der Waals surface area contributed by atoms with Gasteiger partial charge in [-0.1, -0.05) is 12.1 Å². The number of nitrogens with one attached hydrogen (secondary N) is 1. The lowest BCUT2D eigenvalue weighted by molar-refractivity contribution is -0.121. The lowest BCUT2D eigenvalue weighted by Gasteiger charge is -2.12. The fraction of sp³-hybridized carbons (Fsp3) is 0.438. The second-order valence-corrected chi connectivity index (χ2v) is 5.44. The molecule has 1 fully saturated rings. The van der Waals surface area contributed by atoms with Gasteiger partial charge in [-0.2, -0.15) is 5.10 Å². The highest BCUT2D eigenvalue weighted by Gasteiger charge is 2.16. The van der Waals surface area contributed by atoms with Crippen LogP contribution in [-0.2, 0) is 16.1 Å². The Balaban J connectivity index is 1.60. The smallest absolute Gasteiger partial charge is 0.221 e. The number of fused-ring (bicyclic) bond motifs is 1. The van der Waals surface area contributed by atoms with Gasteiger partial charge in [-0.25, -0.2) is 0 Å². The van der Waals surface area contributed by atoms with Crippen molar-refractivity contribution in [2.45, 2.75) is 31.9 Å². The molecule has 0 bridgehead atoms. The molecule has 0 radical (unpaired) electrons. The average molecular weight is 301 g/mol. The molecule has 1 N–H and O–H groups in total. The number of rotatable bonds is 5. The molecule has 22 heavy (non-hydrogen) atoms. The first-order chi connectivity index (χ1) is 10.7. The number of ether oxygens (including phenoxy) is 1. The normalized spacial score (nSPS) is 17.7. The summed E-state index contributed by atoms with van der Waals surface area (Å²) in [6, 6.07) is 7.29. The van der Waals surface area contributed by atoms with E-state index in [-0.39, 0.29) is 17.4 Å². The van der Waals surface area contributed by atoms with Crippen LogP contribution in [0.5, 0.6) is 0 Å². The molecule has 0 aliphatic carbocycles. The first-order valence-electron chi connectivity index (χ1n) is 7.57. The zero-order valence-electron chi connectivity index (χ0n) is 12.3. The summed E-state index contributed by atoms with van der Waals surface area (Å²) >= 11 is 0. The van der Waals surface area contributed by atoms with Crippen LogP contribution in [0.15, 0.2) is 35.3 Å². The topological polar surface area (TPSA) is 73.2 Å². The second-order valence-electron chi connectivity index (χ2n) is 5.44. The van der Waals surface area contributed by atoms with Crippen molar-refractivity contribution >= 4 is 16.8 Å². The summed E-state index contributed by atoms with van der Waals surface area (Å²) in [5, 5.41) is 7.63. The van der Waals surface area contributed by atoms with Gasteiger partial charge < -0.3 is 10.1 Å². The van der Waals surface area contributed by atoms with E-state index in [1.54, 1.807) is 10.7 Å². The maximum Gasteiger partial charge on any atom is 0.221 e. The van der Waals surface area contributed by atoms with Gasteiger partial charge in [0.05, 0.1) is 24.4 Å². The van der Waals surface area contributed by atoms with Gasteiger partial charge in [0.1, 0.15) is 0 Å². The van der Waals surface area contributed by atoms with Crippen molar-refractivity contribution < 1.29 is 9.53 Å². The van der Waals surface area contributed by atoms with Crippen molar-refractivity contribution in [1.82, 2.24) is 15.1 Å². The third-order valence-corrected chi connectivity index (χ3v) is 3.86. The number of aromatic nitrogens is 2. The standard InChI is InChI=1S/C16H19N3O3/c20-15-11-18-19(14-6-2-1-5-13(14)15)8-7-16(21)17-10-12-4-3-9-22-12/h1-2,5-6,11-12H,3-4,7-10H2,(H,17,21). The highest BCUT2D eigenvalue weighted by Crippen LogP contribution is 2.11. The molecule has 116 valence electrons. The third-order valence-electron chi connectivity index (χ3n) is 3.86. The molecule has 2 heterocycles. The molecule has 1 amide bonds. The molecule has 1 aromatic carbocycles. The zero-order chi connectivity index (χ0) is 15.4. The van der Waals surface area contributed by atoms with Gasteiger partial charge in [0.15, 0.2) is 0 Å². The van der Waals surface area contributed by atoms with Crippen molar-refractivity contribution in [1.29, 1.82) is 0 Å². The van der Waals surface area contributed by atoms with Crippen molar-refractivity contribution in [3.8, 4) is 0 Å². The number of benzene rings is 1. The largest absolute Gasteiger partial charge is 0.376 e. The highest BCUT2D eigenvalue weighted by atomic mass is 16.5. The van der Waals surface area contributed by atoms with Crippen molar-refractivity contribution in [2.75, 3.05) is 13.2 Å². The van der Waals surface area contributed by atoms with Crippen LogP contribution in [-0.4, -0.2) is 34.9 Å². The van der Waals surface area contributed by atoms with Crippen LogP contribution in [0.2, 0.25) is 0 Å². The fourth-order valence-electron chi connectivity index (χ4n) is 2.67. The molecule has 2 aromatic rings. The van der Waals surface area contributed by atoms with E-state index in [4.69, 9.17) is 4.74 Å². The first-order valence-corrected chi connectivity index (χ1v) is 7.57. The van der Waals surface area contributed by atoms with Crippen LogP contribution in [0.3, 0.4) is 0 Å². The second kappa shape index (κ2) is 6.70. The molecule has 1 saturated heterocycles. The first kappa shape index (κ1) is 14.7. The number of aryl methyl sites for hydroxylation is 1. The van der Waals surface area contributed by atoms with Crippen molar-refractivity contribution in [2.24, 2.45) is 0 Å². The Labute approximate surface area is 128 Å². The van der Waals surface area contributed by atoms with Crippen LogP contribution in [0.1, 0.15) is 19.3 Å². The summed E-state index contributed by atoms with van der Waals surface area (Å²) in [4.78, 5) is 23.7. The van der Waals surface area contributed by atoms with Crippen LogP contribution in [0.4, 0.5) is 0 Å². The number of amides is 1. The number of carbonyl (C=O) groups excluding carboxylic acids is 1. The predicted octanol–water partition coefficient (Wildman–Crippen LogP) is 1.08. The summed E-state index contributed by atoms with van der Waals surface area (Å²) in [6.07, 6.45) is 3.84. The molecular formula is C16H19N3O3. The Morgan fingerprint density at radius 3 is 3.09 bits per heavy atom. The number of carbonyl (C=O) groups is 1. The molecule has 1 unspecified atom stereocenters. The van der Waals surface area contributed by atoms with E-state index < -0.39 is 0 Å². The van der Waals surface area contributed by atoms with Crippen LogP contribution in [0.25, 0.3) is 10.9 Å². The quantitative estimate of drug-likeness (QED) is 0.897. The Morgan fingerprint density at radius 1 is 1.41 bits per heavy atom. The SMILES string of the molecule is O=C(CCn1ncc(=O)c2ccccc21)NCC1CCCO1. The van der Waals surface area contributed by atoms with Gasteiger partial charge in [-0.05, 0) is 25.0 Å². The molecular weight excluding hydrogens is 282 g/mol. The van der Waals surface area contributed by atoms with Gasteiger partial charge in [-0.15, -0.1) is 0 Å². The number of para-hydroxylation sites is 1. The third kappa shape index (κ3) is 3.33. The lowest BCUT2D eigenvalue weighted by atomic mass is 10.2. The molecule has 0 saturated carbocycles. The van der Waals surface area contributed by atoms with E-state index in [1.165, 1.54) is 6.20 Å². The van der Waals surface area contributed by atoms with Gasteiger partial charge >= 0.3 is 0 Å². The van der Waals surface area contributed by atoms with Crippen LogP contribution < -0.4 is 10.7 Å². The predicted molar refractivity (Wildman–Crippen MR) is 82.6 cm³/mol. The van der Waals surface area contributed by atoms with Gasteiger partial charge in [0.2, 0.25) is 11.3 Å². The summed E-state index contributed by atoms with van der Waals surface area (Å²) < 4.78 is 7.17. The minimum Gasteiger partial charge on any atom is -0.376 e. The van der Waals surface area contributed by atoms with E-state index >= 15 is 0 Å². The Morgan fingerprint density at radius 2 is 2.27 bits per heavy atom. The van der Waals surface area contributed by atoms with E-state index in [2.05, 4.69) is 10.4 Å². The molecule has 1 aliphatic rings. The average Bonchev–Trinajstić information content (AvgIpc) is 3.06. The summed E-state index contributed by atoms with van der Waals surface area (Å²) in [7, 11) is 0. The number of nitrogens with zero attached hydrogens (tertiary/aromatic N) is 2. The highest BCUT2D eigenvalue weighted by molar-refractivity contribution is 5.79. The molecule has 6 heteroatoms. The summed E-state index contributed by atoms with van der Waals surface area (Å²) in [6.45, 7) is 1.79. The molecule has 3 rings (SSSR count). The van der Waals surface area contributed by atoms with Crippen LogP contribution >= 0.6 is 0 Å². The minimum atomic E-state index is -0.102. The maximum absolute atomic E-state index is 11.9.